The van der Waals surface area contributed by atoms with Crippen molar-refractivity contribution in [2.45, 2.75) is 51.9 Å². The average molecular weight is 381 g/mol. The Hall–Kier alpha value is -0.850. The van der Waals surface area contributed by atoms with Crippen LogP contribution in [0.15, 0.2) is 4.99 Å². The van der Waals surface area contributed by atoms with Crippen molar-refractivity contribution in [2.24, 2.45) is 4.99 Å². The molecule has 0 aromatic carbocycles. The molecule has 0 aromatic heterocycles. The number of likely N-dealkylation sites (tertiary alicyclic amines) is 1. The van der Waals surface area contributed by atoms with Crippen molar-refractivity contribution in [3.63, 3.8) is 0 Å². The summed E-state index contributed by atoms with van der Waals surface area (Å²) in [5.41, 5.74) is 0. The van der Waals surface area contributed by atoms with Gasteiger partial charge >= 0.3 is 0 Å². The molecule has 27 heavy (non-hydrogen) atoms. The summed E-state index contributed by atoms with van der Waals surface area (Å²) in [4.78, 5) is 12.5. The number of guanidine groups is 1. The standard InChI is InChI=1S/C21H44N6/c1-3-22-21(23-11-8-16-26-14-6-4-5-7-15-26)24-12-9-17-27-18-10-13-25(2)19-20-27/h3-20H2,1-2H3,(H2,22,23,24). The monoisotopic (exact) mass is 380 g/mol. The minimum Gasteiger partial charge on any atom is -0.357 e. The van der Waals surface area contributed by atoms with Crippen LogP contribution in [0.1, 0.15) is 51.9 Å². The van der Waals surface area contributed by atoms with Gasteiger partial charge in [-0.1, -0.05) is 12.8 Å². The Balaban J connectivity index is 1.58. The molecule has 0 amide bonds. The molecule has 0 saturated carbocycles. The summed E-state index contributed by atoms with van der Waals surface area (Å²) in [6.45, 7) is 14.9. The lowest BCUT2D eigenvalue weighted by atomic mass is 10.2. The molecule has 2 rings (SSSR count). The van der Waals surface area contributed by atoms with Crippen molar-refractivity contribution < 1.29 is 0 Å². The quantitative estimate of drug-likeness (QED) is 0.363. The largest absolute Gasteiger partial charge is 0.357 e. The minimum atomic E-state index is 0.921. The van der Waals surface area contributed by atoms with Gasteiger partial charge in [0.15, 0.2) is 5.96 Å². The number of hydrogen-bond acceptors (Lipinski definition) is 4. The van der Waals surface area contributed by atoms with Crippen LogP contribution in [0.25, 0.3) is 0 Å². The molecule has 2 aliphatic heterocycles. The third kappa shape index (κ3) is 10.3. The fourth-order valence-electron chi connectivity index (χ4n) is 4.02. The van der Waals surface area contributed by atoms with Crippen molar-refractivity contribution >= 4 is 5.96 Å². The summed E-state index contributed by atoms with van der Waals surface area (Å²) >= 11 is 0. The zero-order valence-corrected chi connectivity index (χ0v) is 18.0. The predicted octanol–water partition coefficient (Wildman–Crippen LogP) is 1.84. The summed E-state index contributed by atoms with van der Waals surface area (Å²) in [6, 6.07) is 0. The molecule has 2 saturated heterocycles. The van der Waals surface area contributed by atoms with E-state index in [4.69, 9.17) is 4.99 Å². The Morgan fingerprint density at radius 2 is 1.48 bits per heavy atom. The first-order chi connectivity index (χ1) is 13.3. The second-order valence-electron chi connectivity index (χ2n) is 8.15. The SMILES string of the molecule is CCNC(=NCCCN1CCCCCC1)NCCCN1CCCN(C)CC1. The van der Waals surface area contributed by atoms with Crippen LogP contribution in [0, 0.1) is 0 Å². The molecule has 0 aromatic rings. The van der Waals surface area contributed by atoms with Gasteiger partial charge in [0.05, 0.1) is 0 Å². The number of aliphatic imine (C=N–C) groups is 1. The van der Waals surface area contributed by atoms with Gasteiger partial charge in [0.1, 0.15) is 0 Å². The molecule has 2 aliphatic rings. The van der Waals surface area contributed by atoms with Gasteiger partial charge in [-0.05, 0) is 85.3 Å². The Labute approximate surface area is 167 Å². The van der Waals surface area contributed by atoms with Crippen molar-refractivity contribution in [3.8, 4) is 0 Å². The topological polar surface area (TPSA) is 46.1 Å². The lowest BCUT2D eigenvalue weighted by Crippen LogP contribution is -2.39. The highest BCUT2D eigenvalue weighted by atomic mass is 15.2. The zero-order valence-electron chi connectivity index (χ0n) is 18.0. The van der Waals surface area contributed by atoms with Gasteiger partial charge in [-0.15, -0.1) is 0 Å². The van der Waals surface area contributed by atoms with Crippen LogP contribution < -0.4 is 10.6 Å². The highest BCUT2D eigenvalue weighted by Crippen LogP contribution is 2.09. The Morgan fingerprint density at radius 3 is 2.26 bits per heavy atom. The van der Waals surface area contributed by atoms with E-state index in [1.165, 1.54) is 90.9 Å². The van der Waals surface area contributed by atoms with E-state index in [2.05, 4.69) is 39.3 Å². The maximum atomic E-state index is 4.78. The zero-order chi connectivity index (χ0) is 19.2. The van der Waals surface area contributed by atoms with E-state index in [1.807, 2.05) is 0 Å². The molecule has 158 valence electrons. The first-order valence-corrected chi connectivity index (χ1v) is 11.4. The van der Waals surface area contributed by atoms with Gasteiger partial charge in [-0.25, -0.2) is 0 Å². The molecule has 0 bridgehead atoms. The molecular weight excluding hydrogens is 336 g/mol. The van der Waals surface area contributed by atoms with Crippen molar-refractivity contribution in [1.29, 1.82) is 0 Å². The predicted molar refractivity (Wildman–Crippen MR) is 117 cm³/mol. The van der Waals surface area contributed by atoms with Gasteiger partial charge in [0.2, 0.25) is 0 Å². The number of nitrogens with zero attached hydrogens (tertiary/aromatic N) is 4. The smallest absolute Gasteiger partial charge is 0.191 e. The van der Waals surface area contributed by atoms with Crippen LogP contribution in [0.2, 0.25) is 0 Å². The van der Waals surface area contributed by atoms with E-state index < -0.39 is 0 Å². The van der Waals surface area contributed by atoms with Gasteiger partial charge in [-0.2, -0.15) is 0 Å². The summed E-state index contributed by atoms with van der Waals surface area (Å²) in [5, 5.41) is 6.91. The van der Waals surface area contributed by atoms with Crippen molar-refractivity contribution in [3.05, 3.63) is 0 Å². The highest BCUT2D eigenvalue weighted by Gasteiger charge is 2.11. The number of hydrogen-bond donors (Lipinski definition) is 2. The maximum absolute atomic E-state index is 4.78. The van der Waals surface area contributed by atoms with Crippen molar-refractivity contribution in [2.75, 3.05) is 79.0 Å². The number of likely N-dealkylation sites (N-methyl/N-ethyl adjacent to an activating group) is 1. The molecule has 0 aliphatic carbocycles. The first kappa shape index (κ1) is 22.4. The van der Waals surface area contributed by atoms with Gasteiger partial charge < -0.3 is 25.3 Å². The van der Waals surface area contributed by atoms with Crippen LogP contribution >= 0.6 is 0 Å². The summed E-state index contributed by atoms with van der Waals surface area (Å²) in [5.74, 6) is 0.990. The van der Waals surface area contributed by atoms with E-state index in [0.717, 1.165) is 32.0 Å². The maximum Gasteiger partial charge on any atom is 0.191 e. The lowest BCUT2D eigenvalue weighted by molar-refractivity contribution is 0.274. The molecule has 0 atom stereocenters. The Morgan fingerprint density at radius 1 is 0.778 bits per heavy atom. The highest BCUT2D eigenvalue weighted by molar-refractivity contribution is 5.79. The lowest BCUT2D eigenvalue weighted by Gasteiger charge is -2.20. The molecule has 2 N–H and O–H groups in total. The van der Waals surface area contributed by atoms with E-state index in [-0.39, 0.29) is 0 Å². The summed E-state index contributed by atoms with van der Waals surface area (Å²) in [6.07, 6.45) is 9.22. The third-order valence-electron chi connectivity index (χ3n) is 5.70. The van der Waals surface area contributed by atoms with E-state index >= 15 is 0 Å². The third-order valence-corrected chi connectivity index (χ3v) is 5.70. The molecule has 2 heterocycles. The Bertz CT molecular complexity index is 392. The van der Waals surface area contributed by atoms with Crippen LogP contribution in [0.5, 0.6) is 0 Å². The fraction of sp³-hybridized carbons (Fsp3) is 0.952. The van der Waals surface area contributed by atoms with Gasteiger partial charge in [-0.3, -0.25) is 4.99 Å². The molecule has 2 fully saturated rings. The molecule has 6 nitrogen and oxygen atoms in total. The number of nitrogens with one attached hydrogen (secondary N) is 2. The normalized spacial score (nSPS) is 21.6. The second-order valence-corrected chi connectivity index (χ2v) is 8.15. The van der Waals surface area contributed by atoms with Crippen molar-refractivity contribution in [1.82, 2.24) is 25.3 Å². The average Bonchev–Trinajstić information content (AvgIpc) is 3.05. The van der Waals surface area contributed by atoms with E-state index in [9.17, 15) is 0 Å². The minimum absolute atomic E-state index is 0.921. The molecule has 0 unspecified atom stereocenters. The van der Waals surface area contributed by atoms with Crippen LogP contribution in [0.4, 0.5) is 0 Å². The molecule has 0 radical (unpaired) electrons. The van der Waals surface area contributed by atoms with E-state index in [1.54, 1.807) is 0 Å². The first-order valence-electron chi connectivity index (χ1n) is 11.4. The molecular formula is C21H44N6. The fourth-order valence-corrected chi connectivity index (χ4v) is 4.02. The van der Waals surface area contributed by atoms with Crippen LogP contribution in [-0.2, 0) is 0 Å². The number of rotatable bonds is 9. The van der Waals surface area contributed by atoms with Crippen LogP contribution in [-0.4, -0.2) is 99.7 Å². The van der Waals surface area contributed by atoms with Crippen LogP contribution in [0.3, 0.4) is 0 Å². The second kappa shape index (κ2) is 14.2. The van der Waals surface area contributed by atoms with Gasteiger partial charge in [0.25, 0.3) is 0 Å². The summed E-state index contributed by atoms with van der Waals surface area (Å²) < 4.78 is 0. The summed E-state index contributed by atoms with van der Waals surface area (Å²) in [7, 11) is 2.23. The Kier molecular flexibility index (Phi) is 11.8. The molecule has 6 heteroatoms. The van der Waals surface area contributed by atoms with E-state index in [0.29, 0.717) is 0 Å². The van der Waals surface area contributed by atoms with Gasteiger partial charge in [0, 0.05) is 32.7 Å². The molecule has 0 spiro atoms.